The number of hydrogen-bond donors (Lipinski definition) is 1. The molecule has 102 valence electrons. The lowest BCUT2D eigenvalue weighted by Crippen LogP contribution is -2.04. The highest BCUT2D eigenvalue weighted by Crippen LogP contribution is 2.34. The summed E-state index contributed by atoms with van der Waals surface area (Å²) in [6, 6.07) is 8.46. The van der Waals surface area contributed by atoms with Gasteiger partial charge in [0, 0.05) is 21.9 Å². The SMILES string of the molecule is OC(c1cc(F)c(F)cc1F)c1csc2ccccc12. The zero-order chi connectivity index (χ0) is 14.3. The molecule has 1 unspecified atom stereocenters. The Morgan fingerprint density at radius 2 is 1.60 bits per heavy atom. The highest BCUT2D eigenvalue weighted by Gasteiger charge is 2.20. The Morgan fingerprint density at radius 3 is 2.40 bits per heavy atom. The monoisotopic (exact) mass is 294 g/mol. The van der Waals surface area contributed by atoms with Crippen LogP contribution in [0.1, 0.15) is 17.2 Å². The molecule has 0 aliphatic carbocycles. The zero-order valence-corrected chi connectivity index (χ0v) is 10.9. The molecule has 2 aromatic carbocycles. The van der Waals surface area contributed by atoms with Gasteiger partial charge >= 0.3 is 0 Å². The smallest absolute Gasteiger partial charge is 0.161 e. The standard InChI is InChI=1S/C15H9F3OS/c16-11-6-13(18)12(17)5-9(11)15(19)10-7-20-14-4-2-1-3-8(10)14/h1-7,15,19H. The Labute approximate surface area is 116 Å². The second-order valence-corrected chi connectivity index (χ2v) is 5.29. The first-order valence-electron chi connectivity index (χ1n) is 5.86. The molecule has 0 aliphatic rings. The molecule has 0 spiro atoms. The van der Waals surface area contributed by atoms with Gasteiger partial charge in [-0.05, 0) is 22.9 Å². The van der Waals surface area contributed by atoms with Crippen LogP contribution in [0.3, 0.4) is 0 Å². The van der Waals surface area contributed by atoms with Crippen molar-refractivity contribution in [1.29, 1.82) is 0 Å². The van der Waals surface area contributed by atoms with Gasteiger partial charge in [-0.1, -0.05) is 18.2 Å². The van der Waals surface area contributed by atoms with Crippen molar-refractivity contribution in [3.05, 3.63) is 70.4 Å². The molecule has 0 aliphatic heterocycles. The number of halogens is 3. The second-order valence-electron chi connectivity index (χ2n) is 4.38. The van der Waals surface area contributed by atoms with Crippen molar-refractivity contribution < 1.29 is 18.3 Å². The Bertz CT molecular complexity index is 782. The first-order valence-corrected chi connectivity index (χ1v) is 6.74. The Hall–Kier alpha value is -1.85. The van der Waals surface area contributed by atoms with Crippen LogP contribution in [0.4, 0.5) is 13.2 Å². The lowest BCUT2D eigenvalue weighted by Gasteiger charge is -2.12. The molecule has 0 amide bonds. The molecule has 0 radical (unpaired) electrons. The van der Waals surface area contributed by atoms with Crippen LogP contribution in [-0.2, 0) is 0 Å². The fraction of sp³-hybridized carbons (Fsp3) is 0.0667. The third kappa shape index (κ3) is 2.09. The molecule has 1 heterocycles. The number of rotatable bonds is 2. The first-order chi connectivity index (χ1) is 9.58. The summed E-state index contributed by atoms with van der Waals surface area (Å²) in [5.74, 6) is -3.42. The minimum absolute atomic E-state index is 0.271. The Kier molecular flexibility index (Phi) is 3.23. The van der Waals surface area contributed by atoms with Gasteiger partial charge in [-0.2, -0.15) is 0 Å². The minimum Gasteiger partial charge on any atom is -0.383 e. The van der Waals surface area contributed by atoms with Crippen LogP contribution in [0, 0.1) is 17.5 Å². The summed E-state index contributed by atoms with van der Waals surface area (Å²) in [6.07, 6.45) is -1.33. The fourth-order valence-corrected chi connectivity index (χ4v) is 3.10. The number of hydrogen-bond acceptors (Lipinski definition) is 2. The molecule has 1 atom stereocenters. The predicted octanol–water partition coefficient (Wildman–Crippen LogP) is 4.40. The first kappa shape index (κ1) is 13.1. The quantitative estimate of drug-likeness (QED) is 0.695. The summed E-state index contributed by atoms with van der Waals surface area (Å²) >= 11 is 1.40. The van der Waals surface area contributed by atoms with Crippen molar-refractivity contribution >= 4 is 21.4 Å². The van der Waals surface area contributed by atoms with Crippen molar-refractivity contribution in [1.82, 2.24) is 0 Å². The maximum atomic E-state index is 13.7. The van der Waals surface area contributed by atoms with Gasteiger partial charge in [0.05, 0.1) is 0 Å². The van der Waals surface area contributed by atoms with E-state index in [-0.39, 0.29) is 5.56 Å². The lowest BCUT2D eigenvalue weighted by atomic mass is 10.0. The normalized spacial score (nSPS) is 12.8. The molecular weight excluding hydrogens is 285 g/mol. The van der Waals surface area contributed by atoms with Crippen molar-refractivity contribution in [2.45, 2.75) is 6.10 Å². The van der Waals surface area contributed by atoms with Crippen molar-refractivity contribution in [3.8, 4) is 0 Å². The van der Waals surface area contributed by atoms with Crippen molar-refractivity contribution in [2.24, 2.45) is 0 Å². The van der Waals surface area contributed by atoms with E-state index in [2.05, 4.69) is 0 Å². The van der Waals surface area contributed by atoms with E-state index < -0.39 is 23.6 Å². The number of thiophene rings is 1. The van der Waals surface area contributed by atoms with Crippen LogP contribution in [0.25, 0.3) is 10.1 Å². The van der Waals surface area contributed by atoms with Crippen LogP contribution in [-0.4, -0.2) is 5.11 Å². The average Bonchev–Trinajstić information content (AvgIpc) is 2.86. The second kappa shape index (κ2) is 4.92. The fourth-order valence-electron chi connectivity index (χ4n) is 2.13. The number of aliphatic hydroxyl groups excluding tert-OH is 1. The topological polar surface area (TPSA) is 20.2 Å². The number of aliphatic hydroxyl groups is 1. The summed E-state index contributed by atoms with van der Waals surface area (Å²) in [5, 5.41) is 12.7. The summed E-state index contributed by atoms with van der Waals surface area (Å²) in [6.45, 7) is 0. The molecular formula is C15H9F3OS. The highest BCUT2D eigenvalue weighted by atomic mass is 32.1. The van der Waals surface area contributed by atoms with E-state index in [0.29, 0.717) is 17.7 Å². The Balaban J connectivity index is 2.13. The van der Waals surface area contributed by atoms with Gasteiger partial charge in [0.1, 0.15) is 11.9 Å². The van der Waals surface area contributed by atoms with E-state index in [4.69, 9.17) is 0 Å². The maximum Gasteiger partial charge on any atom is 0.161 e. The van der Waals surface area contributed by atoms with Gasteiger partial charge in [-0.3, -0.25) is 0 Å². The van der Waals surface area contributed by atoms with Crippen molar-refractivity contribution in [3.63, 3.8) is 0 Å². The molecule has 5 heteroatoms. The molecule has 3 aromatic rings. The average molecular weight is 294 g/mol. The maximum absolute atomic E-state index is 13.7. The van der Waals surface area contributed by atoms with Crippen LogP contribution in [0.5, 0.6) is 0 Å². The van der Waals surface area contributed by atoms with E-state index in [1.807, 2.05) is 12.1 Å². The van der Waals surface area contributed by atoms with Crippen LogP contribution in [0.2, 0.25) is 0 Å². The third-order valence-corrected chi connectivity index (χ3v) is 4.12. The summed E-state index contributed by atoms with van der Waals surface area (Å²) in [4.78, 5) is 0. The van der Waals surface area contributed by atoms with E-state index in [0.717, 1.165) is 10.1 Å². The molecule has 0 fully saturated rings. The van der Waals surface area contributed by atoms with Gasteiger partial charge in [0.15, 0.2) is 11.6 Å². The van der Waals surface area contributed by atoms with Gasteiger partial charge < -0.3 is 5.11 Å². The van der Waals surface area contributed by atoms with Crippen LogP contribution < -0.4 is 0 Å². The Morgan fingerprint density at radius 1 is 0.900 bits per heavy atom. The summed E-state index contributed by atoms with van der Waals surface area (Å²) < 4.78 is 40.8. The van der Waals surface area contributed by atoms with Crippen molar-refractivity contribution in [2.75, 3.05) is 0 Å². The van der Waals surface area contributed by atoms with Crippen LogP contribution in [0.15, 0.2) is 41.8 Å². The van der Waals surface area contributed by atoms with Gasteiger partial charge in [-0.25, -0.2) is 13.2 Å². The third-order valence-electron chi connectivity index (χ3n) is 3.14. The van der Waals surface area contributed by atoms with Gasteiger partial charge in [-0.15, -0.1) is 11.3 Å². The molecule has 0 bridgehead atoms. The molecule has 1 nitrogen and oxygen atoms in total. The lowest BCUT2D eigenvalue weighted by molar-refractivity contribution is 0.216. The highest BCUT2D eigenvalue weighted by molar-refractivity contribution is 7.17. The predicted molar refractivity (Wildman–Crippen MR) is 72.2 cm³/mol. The minimum atomic E-state index is -1.33. The van der Waals surface area contributed by atoms with E-state index in [1.54, 1.807) is 17.5 Å². The van der Waals surface area contributed by atoms with Crippen LogP contribution >= 0.6 is 11.3 Å². The number of benzene rings is 2. The number of fused-ring (bicyclic) bond motifs is 1. The van der Waals surface area contributed by atoms with E-state index >= 15 is 0 Å². The van der Waals surface area contributed by atoms with E-state index in [9.17, 15) is 18.3 Å². The van der Waals surface area contributed by atoms with E-state index in [1.165, 1.54) is 11.3 Å². The molecule has 1 aromatic heterocycles. The molecule has 20 heavy (non-hydrogen) atoms. The molecule has 0 saturated carbocycles. The molecule has 1 N–H and O–H groups in total. The molecule has 0 saturated heterocycles. The van der Waals surface area contributed by atoms with Gasteiger partial charge in [0.2, 0.25) is 0 Å². The summed E-state index contributed by atoms with van der Waals surface area (Å²) in [5.41, 5.74) is 0.211. The largest absolute Gasteiger partial charge is 0.383 e. The zero-order valence-electron chi connectivity index (χ0n) is 10.1. The summed E-state index contributed by atoms with van der Waals surface area (Å²) in [7, 11) is 0. The molecule has 3 rings (SSSR count). The van der Waals surface area contributed by atoms with Gasteiger partial charge in [0.25, 0.3) is 0 Å².